The number of aromatic nitrogens is 3. The van der Waals surface area contributed by atoms with Crippen LogP contribution in [0.25, 0.3) is 16.9 Å². The normalized spacial score (nSPS) is 11.5. The fourth-order valence-corrected chi connectivity index (χ4v) is 4.81. The summed E-state index contributed by atoms with van der Waals surface area (Å²) in [6, 6.07) is 6.50. The van der Waals surface area contributed by atoms with Crippen LogP contribution in [0, 0.1) is 12.7 Å². The predicted octanol–water partition coefficient (Wildman–Crippen LogP) is 5.92. The summed E-state index contributed by atoms with van der Waals surface area (Å²) in [5.74, 6) is -3.03. The molecule has 3 aromatic heterocycles. The lowest BCUT2D eigenvalue weighted by atomic mass is 10.1. The molecule has 0 saturated heterocycles. The van der Waals surface area contributed by atoms with E-state index in [-0.39, 0.29) is 51.1 Å². The summed E-state index contributed by atoms with van der Waals surface area (Å²) < 4.78 is 65.8. The van der Waals surface area contributed by atoms with Crippen LogP contribution in [0.4, 0.5) is 22.6 Å². The van der Waals surface area contributed by atoms with Crippen LogP contribution in [0.1, 0.15) is 62.0 Å². The summed E-state index contributed by atoms with van der Waals surface area (Å²) in [5.41, 5.74) is -1.69. The van der Waals surface area contributed by atoms with Gasteiger partial charge in [0.25, 0.3) is 5.91 Å². The maximum Gasteiger partial charge on any atom is 0.433 e. The van der Waals surface area contributed by atoms with Gasteiger partial charge in [-0.05, 0) is 56.2 Å². The molecule has 0 aliphatic rings. The van der Waals surface area contributed by atoms with Gasteiger partial charge >= 0.3 is 18.1 Å². The molecular weight excluding hydrogens is 556 g/mol. The summed E-state index contributed by atoms with van der Waals surface area (Å²) in [5, 5.41) is 6.20. The average Bonchev–Trinajstić information content (AvgIpc) is 3.47. The summed E-state index contributed by atoms with van der Waals surface area (Å²) in [6.07, 6.45) is -4.34. The van der Waals surface area contributed by atoms with Crippen LogP contribution in [0.15, 0.2) is 36.4 Å². The van der Waals surface area contributed by atoms with Crippen molar-refractivity contribution < 1.29 is 41.4 Å². The van der Waals surface area contributed by atoms with Gasteiger partial charge < -0.3 is 14.8 Å². The van der Waals surface area contributed by atoms with E-state index in [0.29, 0.717) is 10.9 Å². The van der Waals surface area contributed by atoms with E-state index in [1.54, 1.807) is 13.8 Å². The van der Waals surface area contributed by atoms with Crippen LogP contribution in [-0.4, -0.2) is 45.7 Å². The fourth-order valence-electron chi connectivity index (χ4n) is 3.73. The fraction of sp³-hybridized carbons (Fsp3) is 0.269. The second kappa shape index (κ2) is 11.4. The van der Waals surface area contributed by atoms with Crippen molar-refractivity contribution in [1.29, 1.82) is 0 Å². The number of hydrogen-bond acceptors (Lipinski definition) is 8. The van der Waals surface area contributed by atoms with Gasteiger partial charge in [-0.15, -0.1) is 11.3 Å². The van der Waals surface area contributed by atoms with Crippen molar-refractivity contribution in [2.75, 3.05) is 18.5 Å². The zero-order valence-corrected chi connectivity index (χ0v) is 22.2. The number of rotatable bonds is 8. The van der Waals surface area contributed by atoms with Crippen LogP contribution in [0.3, 0.4) is 0 Å². The molecule has 4 aromatic rings. The van der Waals surface area contributed by atoms with Gasteiger partial charge in [0.1, 0.15) is 15.7 Å². The van der Waals surface area contributed by atoms with Crippen molar-refractivity contribution in [3.63, 3.8) is 0 Å². The number of carbonyl (C=O) groups excluding carboxylic acids is 3. The second-order valence-corrected chi connectivity index (χ2v) is 9.42. The third kappa shape index (κ3) is 5.81. The van der Waals surface area contributed by atoms with E-state index in [1.165, 1.54) is 19.1 Å². The molecule has 0 radical (unpaired) electrons. The number of thiophene rings is 1. The number of benzene rings is 1. The molecule has 1 N–H and O–H groups in total. The highest BCUT2D eigenvalue weighted by molar-refractivity contribution is 7.18. The van der Waals surface area contributed by atoms with Gasteiger partial charge in [0, 0.05) is 11.6 Å². The molecule has 40 heavy (non-hydrogen) atoms. The highest BCUT2D eigenvalue weighted by Gasteiger charge is 2.36. The van der Waals surface area contributed by atoms with Gasteiger partial charge in [-0.3, -0.25) is 4.79 Å². The van der Waals surface area contributed by atoms with E-state index < -0.39 is 41.2 Å². The Morgan fingerprint density at radius 2 is 1.75 bits per heavy atom. The Hall–Kier alpha value is -4.33. The minimum atomic E-state index is -4.87. The number of carbonyl (C=O) groups is 3. The minimum Gasteiger partial charge on any atom is -0.462 e. The van der Waals surface area contributed by atoms with E-state index in [1.807, 2.05) is 0 Å². The standard InChI is InChI=1S/C26H22F4N4O5S/c1-4-10-39-24(36)20-13(3)21(25(37)38-5-2)40-23(20)32-22(35)17-12-19-31-16(14-6-8-15(27)9-7-14)11-18(26(28,29)30)34(19)33-17/h6-9,11-12H,4-5,10H2,1-3H3,(H,32,35). The van der Waals surface area contributed by atoms with E-state index in [2.05, 4.69) is 15.4 Å². The van der Waals surface area contributed by atoms with E-state index in [0.717, 1.165) is 35.6 Å². The Kier molecular flexibility index (Phi) is 8.18. The number of ether oxygens (including phenoxy) is 2. The van der Waals surface area contributed by atoms with Gasteiger partial charge in [0.15, 0.2) is 17.0 Å². The Morgan fingerprint density at radius 1 is 1.05 bits per heavy atom. The molecule has 4 rings (SSSR count). The van der Waals surface area contributed by atoms with Crippen molar-refractivity contribution in [2.45, 2.75) is 33.4 Å². The minimum absolute atomic E-state index is 0.0558. The van der Waals surface area contributed by atoms with Crippen molar-refractivity contribution in [1.82, 2.24) is 14.6 Å². The molecule has 0 unspecified atom stereocenters. The molecule has 0 bridgehead atoms. The van der Waals surface area contributed by atoms with Crippen molar-refractivity contribution in [2.24, 2.45) is 0 Å². The van der Waals surface area contributed by atoms with Crippen molar-refractivity contribution >= 4 is 39.8 Å². The summed E-state index contributed by atoms with van der Waals surface area (Å²) in [6.45, 7) is 5.04. The van der Waals surface area contributed by atoms with E-state index in [4.69, 9.17) is 9.47 Å². The van der Waals surface area contributed by atoms with Crippen LogP contribution in [0.2, 0.25) is 0 Å². The largest absolute Gasteiger partial charge is 0.462 e. The molecule has 1 amide bonds. The zero-order valence-electron chi connectivity index (χ0n) is 21.4. The Balaban J connectivity index is 1.76. The van der Waals surface area contributed by atoms with Gasteiger partial charge in [0.05, 0.1) is 24.5 Å². The lowest BCUT2D eigenvalue weighted by Crippen LogP contribution is -2.17. The number of esters is 2. The smallest absolute Gasteiger partial charge is 0.433 e. The number of nitrogens with one attached hydrogen (secondary N) is 1. The molecule has 210 valence electrons. The van der Waals surface area contributed by atoms with Crippen LogP contribution < -0.4 is 5.32 Å². The van der Waals surface area contributed by atoms with Crippen molar-refractivity contribution in [3.05, 3.63) is 69.6 Å². The first-order valence-corrected chi connectivity index (χ1v) is 12.8. The monoisotopic (exact) mass is 578 g/mol. The highest BCUT2D eigenvalue weighted by Crippen LogP contribution is 2.35. The topological polar surface area (TPSA) is 112 Å². The van der Waals surface area contributed by atoms with Crippen LogP contribution >= 0.6 is 11.3 Å². The molecule has 0 aliphatic carbocycles. The predicted molar refractivity (Wildman–Crippen MR) is 137 cm³/mol. The first-order chi connectivity index (χ1) is 18.9. The molecule has 1 aromatic carbocycles. The summed E-state index contributed by atoms with van der Waals surface area (Å²) >= 11 is 0.766. The molecule has 9 nitrogen and oxygen atoms in total. The molecule has 3 heterocycles. The van der Waals surface area contributed by atoms with E-state index >= 15 is 0 Å². The maximum atomic E-state index is 13.9. The number of hydrogen-bond donors (Lipinski definition) is 1. The Labute approximate surface area is 228 Å². The number of amides is 1. The van der Waals surface area contributed by atoms with Crippen LogP contribution in [0.5, 0.6) is 0 Å². The first-order valence-electron chi connectivity index (χ1n) is 12.0. The highest BCUT2D eigenvalue weighted by atomic mass is 32.1. The van der Waals surface area contributed by atoms with Gasteiger partial charge in [-0.2, -0.15) is 18.3 Å². The lowest BCUT2D eigenvalue weighted by Gasteiger charge is -2.11. The number of nitrogens with zero attached hydrogens (tertiary/aromatic N) is 3. The molecule has 0 fully saturated rings. The van der Waals surface area contributed by atoms with Gasteiger partial charge in [-0.25, -0.2) is 23.5 Å². The number of alkyl halides is 3. The molecule has 0 atom stereocenters. The van der Waals surface area contributed by atoms with Crippen molar-refractivity contribution in [3.8, 4) is 11.3 Å². The maximum absolute atomic E-state index is 13.9. The SMILES string of the molecule is CCCOC(=O)c1c(NC(=O)c2cc3nc(-c4ccc(F)cc4)cc(C(F)(F)F)n3n2)sc(C(=O)OCC)c1C. The average molecular weight is 579 g/mol. The summed E-state index contributed by atoms with van der Waals surface area (Å²) in [4.78, 5) is 42.5. The number of halogens is 4. The number of anilines is 1. The first kappa shape index (κ1) is 28.7. The van der Waals surface area contributed by atoms with Crippen LogP contribution in [-0.2, 0) is 15.7 Å². The molecule has 0 saturated carbocycles. The third-order valence-electron chi connectivity index (χ3n) is 5.57. The molecule has 0 aliphatic heterocycles. The molecule has 14 heteroatoms. The van der Waals surface area contributed by atoms with Gasteiger partial charge in [-0.1, -0.05) is 6.92 Å². The summed E-state index contributed by atoms with van der Waals surface area (Å²) in [7, 11) is 0. The zero-order chi connectivity index (χ0) is 29.2. The molecule has 0 spiro atoms. The Bertz CT molecular complexity index is 1600. The number of fused-ring (bicyclic) bond motifs is 1. The second-order valence-electron chi connectivity index (χ2n) is 8.40. The van der Waals surface area contributed by atoms with E-state index in [9.17, 15) is 31.9 Å². The quantitative estimate of drug-likeness (QED) is 0.204. The molecular formula is C26H22F4N4O5S. The Morgan fingerprint density at radius 3 is 2.38 bits per heavy atom. The third-order valence-corrected chi connectivity index (χ3v) is 6.75. The van der Waals surface area contributed by atoms with Gasteiger partial charge in [0.2, 0.25) is 0 Å². The lowest BCUT2D eigenvalue weighted by molar-refractivity contribution is -0.142.